The zero-order chi connectivity index (χ0) is 17.8. The Bertz CT molecular complexity index is 732. The van der Waals surface area contributed by atoms with Gasteiger partial charge in [-0.1, -0.05) is 6.07 Å². The van der Waals surface area contributed by atoms with Gasteiger partial charge in [-0.15, -0.1) is 0 Å². The summed E-state index contributed by atoms with van der Waals surface area (Å²) in [6.07, 6.45) is 6.28. The average Bonchev–Trinajstić information content (AvgIpc) is 3.32. The molecule has 3 heterocycles. The first-order chi connectivity index (χ1) is 12.8. The molecule has 0 saturated carbocycles. The number of aromatic nitrogens is 2. The van der Waals surface area contributed by atoms with Crippen LogP contribution in [0.25, 0.3) is 0 Å². The molecule has 1 aromatic heterocycles. The van der Waals surface area contributed by atoms with Crippen LogP contribution in [0.15, 0.2) is 30.6 Å². The first kappa shape index (κ1) is 17.1. The van der Waals surface area contributed by atoms with Crippen molar-refractivity contribution in [2.75, 3.05) is 32.3 Å². The molecule has 26 heavy (non-hydrogen) atoms. The fraction of sp³-hybridized carbons (Fsp3) is 0.474. The second-order valence-electron chi connectivity index (χ2n) is 6.79. The topological polar surface area (TPSA) is 68.7 Å². The number of nitrogens with one attached hydrogen (secondary N) is 1. The summed E-state index contributed by atoms with van der Waals surface area (Å²) in [4.78, 5) is 11.0. The quantitative estimate of drug-likeness (QED) is 0.817. The van der Waals surface area contributed by atoms with Crippen molar-refractivity contribution in [3.8, 4) is 11.5 Å². The number of hydrogen-bond acceptors (Lipinski definition) is 7. The summed E-state index contributed by atoms with van der Waals surface area (Å²) < 4.78 is 16.4. The number of nitrogens with zero attached hydrogens (tertiary/aromatic N) is 3. The molecule has 0 radical (unpaired) electrons. The van der Waals surface area contributed by atoms with E-state index in [0.717, 1.165) is 56.1 Å². The molecule has 7 nitrogen and oxygen atoms in total. The molecule has 0 aliphatic carbocycles. The molecule has 2 aliphatic rings. The third-order valence-corrected chi connectivity index (χ3v) is 4.56. The SMILES string of the molecule is CN(Cc1cnc(NC[C@H]2CCCO2)nc1)Cc1ccc2c(c1)OCO2. The molecule has 4 rings (SSSR count). The largest absolute Gasteiger partial charge is 0.454 e. The summed E-state index contributed by atoms with van der Waals surface area (Å²) in [5.41, 5.74) is 2.27. The van der Waals surface area contributed by atoms with Gasteiger partial charge in [0, 0.05) is 44.2 Å². The van der Waals surface area contributed by atoms with Crippen LogP contribution >= 0.6 is 0 Å². The van der Waals surface area contributed by atoms with E-state index in [2.05, 4.69) is 33.3 Å². The first-order valence-electron chi connectivity index (χ1n) is 9.00. The fourth-order valence-electron chi connectivity index (χ4n) is 3.26. The predicted octanol–water partition coefficient (Wildman–Crippen LogP) is 2.43. The molecule has 1 N–H and O–H groups in total. The molecule has 1 saturated heterocycles. The predicted molar refractivity (Wildman–Crippen MR) is 97.2 cm³/mol. The minimum absolute atomic E-state index is 0.283. The van der Waals surface area contributed by atoms with Crippen LogP contribution in [0.4, 0.5) is 5.95 Å². The van der Waals surface area contributed by atoms with Crippen molar-refractivity contribution in [1.29, 1.82) is 0 Å². The number of hydrogen-bond donors (Lipinski definition) is 1. The van der Waals surface area contributed by atoms with Gasteiger partial charge in [0.2, 0.25) is 12.7 Å². The Morgan fingerprint density at radius 1 is 1.12 bits per heavy atom. The Hall–Kier alpha value is -2.38. The summed E-state index contributed by atoms with van der Waals surface area (Å²) in [7, 11) is 2.08. The highest BCUT2D eigenvalue weighted by Gasteiger charge is 2.16. The second kappa shape index (κ2) is 7.88. The van der Waals surface area contributed by atoms with E-state index in [-0.39, 0.29) is 6.10 Å². The summed E-state index contributed by atoms with van der Waals surface area (Å²) in [6.45, 7) is 3.53. The smallest absolute Gasteiger partial charge is 0.231 e. The average molecular weight is 356 g/mol. The summed E-state index contributed by atoms with van der Waals surface area (Å²) in [5.74, 6) is 2.29. The van der Waals surface area contributed by atoms with E-state index in [4.69, 9.17) is 14.2 Å². The molecule has 138 valence electrons. The van der Waals surface area contributed by atoms with E-state index < -0.39 is 0 Å². The standard InChI is InChI=1S/C19H24N4O3/c1-23(11-14-4-5-17-18(7-14)26-13-25-17)12-15-8-20-19(21-9-15)22-10-16-3-2-6-24-16/h4-5,7-9,16H,2-3,6,10-13H2,1H3,(H,20,21,22)/t16-/m1/s1. The summed E-state index contributed by atoms with van der Waals surface area (Å²) >= 11 is 0. The van der Waals surface area contributed by atoms with Crippen LogP contribution in [-0.4, -0.2) is 48.0 Å². The van der Waals surface area contributed by atoms with Gasteiger partial charge in [-0.25, -0.2) is 9.97 Å². The molecule has 0 amide bonds. The van der Waals surface area contributed by atoms with Gasteiger partial charge in [0.15, 0.2) is 11.5 Å². The number of anilines is 1. The molecule has 0 spiro atoms. The lowest BCUT2D eigenvalue weighted by Crippen LogP contribution is -2.20. The summed E-state index contributed by atoms with van der Waals surface area (Å²) in [5, 5.41) is 3.24. The van der Waals surface area contributed by atoms with Gasteiger partial charge in [-0.2, -0.15) is 0 Å². The van der Waals surface area contributed by atoms with Gasteiger partial charge in [-0.05, 0) is 37.6 Å². The fourth-order valence-corrected chi connectivity index (χ4v) is 3.26. The van der Waals surface area contributed by atoms with Crippen molar-refractivity contribution >= 4 is 5.95 Å². The summed E-state index contributed by atoms with van der Waals surface area (Å²) in [6, 6.07) is 6.06. The zero-order valence-electron chi connectivity index (χ0n) is 15.0. The third kappa shape index (κ3) is 4.23. The van der Waals surface area contributed by atoms with Crippen molar-refractivity contribution < 1.29 is 14.2 Å². The highest BCUT2D eigenvalue weighted by molar-refractivity contribution is 5.44. The van der Waals surface area contributed by atoms with Gasteiger partial charge in [0.1, 0.15) is 0 Å². The number of benzene rings is 1. The van der Waals surface area contributed by atoms with Crippen LogP contribution in [0.2, 0.25) is 0 Å². The minimum atomic E-state index is 0.283. The highest BCUT2D eigenvalue weighted by Crippen LogP contribution is 2.32. The van der Waals surface area contributed by atoms with E-state index in [1.165, 1.54) is 5.56 Å². The second-order valence-corrected chi connectivity index (χ2v) is 6.79. The van der Waals surface area contributed by atoms with Gasteiger partial charge >= 0.3 is 0 Å². The van der Waals surface area contributed by atoms with Crippen LogP contribution < -0.4 is 14.8 Å². The van der Waals surface area contributed by atoms with Crippen molar-refractivity contribution in [2.45, 2.75) is 32.0 Å². The Morgan fingerprint density at radius 3 is 2.73 bits per heavy atom. The Balaban J connectivity index is 1.27. The minimum Gasteiger partial charge on any atom is -0.454 e. The van der Waals surface area contributed by atoms with Crippen LogP contribution in [-0.2, 0) is 17.8 Å². The molecular formula is C19H24N4O3. The van der Waals surface area contributed by atoms with E-state index in [1.807, 2.05) is 24.5 Å². The number of ether oxygens (including phenoxy) is 3. The van der Waals surface area contributed by atoms with Crippen molar-refractivity contribution in [3.63, 3.8) is 0 Å². The lowest BCUT2D eigenvalue weighted by molar-refractivity contribution is 0.120. The van der Waals surface area contributed by atoms with Gasteiger partial charge < -0.3 is 19.5 Å². The molecular weight excluding hydrogens is 332 g/mol. The van der Waals surface area contributed by atoms with E-state index >= 15 is 0 Å². The first-order valence-corrected chi connectivity index (χ1v) is 9.00. The van der Waals surface area contributed by atoms with Crippen LogP contribution in [0, 0.1) is 0 Å². The van der Waals surface area contributed by atoms with Crippen LogP contribution in [0.3, 0.4) is 0 Å². The molecule has 2 aliphatic heterocycles. The molecule has 1 atom stereocenters. The zero-order valence-corrected chi connectivity index (χ0v) is 15.0. The molecule has 1 fully saturated rings. The molecule has 0 bridgehead atoms. The lowest BCUT2D eigenvalue weighted by atomic mass is 10.2. The maximum absolute atomic E-state index is 5.59. The Labute approximate surface area is 153 Å². The lowest BCUT2D eigenvalue weighted by Gasteiger charge is -2.17. The highest BCUT2D eigenvalue weighted by atomic mass is 16.7. The van der Waals surface area contributed by atoms with Gasteiger partial charge in [0.25, 0.3) is 0 Å². The number of rotatable bonds is 7. The van der Waals surface area contributed by atoms with Crippen molar-refractivity contribution in [3.05, 3.63) is 41.7 Å². The van der Waals surface area contributed by atoms with Crippen LogP contribution in [0.5, 0.6) is 11.5 Å². The maximum Gasteiger partial charge on any atom is 0.231 e. The third-order valence-electron chi connectivity index (χ3n) is 4.56. The monoisotopic (exact) mass is 356 g/mol. The Morgan fingerprint density at radius 2 is 1.92 bits per heavy atom. The van der Waals surface area contributed by atoms with E-state index in [9.17, 15) is 0 Å². The number of fused-ring (bicyclic) bond motifs is 1. The van der Waals surface area contributed by atoms with Crippen LogP contribution in [0.1, 0.15) is 24.0 Å². The maximum atomic E-state index is 5.59. The normalized spacial score (nSPS) is 18.5. The van der Waals surface area contributed by atoms with Crippen molar-refractivity contribution in [1.82, 2.24) is 14.9 Å². The van der Waals surface area contributed by atoms with Crippen molar-refractivity contribution in [2.24, 2.45) is 0 Å². The molecule has 7 heteroatoms. The molecule has 1 aromatic carbocycles. The van der Waals surface area contributed by atoms with Gasteiger partial charge in [0.05, 0.1) is 6.10 Å². The van der Waals surface area contributed by atoms with E-state index in [1.54, 1.807) is 0 Å². The molecule has 0 unspecified atom stereocenters. The molecule has 2 aromatic rings. The van der Waals surface area contributed by atoms with E-state index in [0.29, 0.717) is 12.7 Å². The Kier molecular flexibility index (Phi) is 5.17. The van der Waals surface area contributed by atoms with Gasteiger partial charge in [-0.3, -0.25) is 4.90 Å².